The summed E-state index contributed by atoms with van der Waals surface area (Å²) in [4.78, 5) is 24.7. The third-order valence-electron chi connectivity index (χ3n) is 4.17. The predicted molar refractivity (Wildman–Crippen MR) is 96.9 cm³/mol. The number of ether oxygens (including phenoxy) is 1. The fourth-order valence-electron chi connectivity index (χ4n) is 3.02. The molecule has 1 aliphatic heterocycles. The number of benzene rings is 2. The summed E-state index contributed by atoms with van der Waals surface area (Å²) < 4.78 is 5.42. The van der Waals surface area contributed by atoms with Crippen LogP contribution < -0.4 is 10.6 Å². The number of carbonyl (C=O) groups excluding carboxylic acids is 2. The fraction of sp³-hybridized carbons (Fsp3) is 0.300. The molecule has 2 amide bonds. The molecule has 5 heteroatoms. The lowest BCUT2D eigenvalue weighted by atomic mass is 9.91. The van der Waals surface area contributed by atoms with E-state index >= 15 is 0 Å². The number of allylic oxidation sites excluding steroid dienone is 1. The molecule has 5 nitrogen and oxygen atoms in total. The molecule has 0 aliphatic carbocycles. The van der Waals surface area contributed by atoms with E-state index in [0.717, 1.165) is 16.3 Å². The number of urea groups is 1. The summed E-state index contributed by atoms with van der Waals surface area (Å²) in [6.45, 7) is 6.03. The van der Waals surface area contributed by atoms with Gasteiger partial charge in [0.15, 0.2) is 0 Å². The number of amides is 2. The number of esters is 1. The van der Waals surface area contributed by atoms with Gasteiger partial charge in [-0.25, -0.2) is 9.59 Å². The predicted octanol–water partition coefficient (Wildman–Crippen LogP) is 3.67. The van der Waals surface area contributed by atoms with Gasteiger partial charge in [-0.2, -0.15) is 0 Å². The van der Waals surface area contributed by atoms with Crippen LogP contribution in [0.1, 0.15) is 32.4 Å². The van der Waals surface area contributed by atoms with Gasteiger partial charge < -0.3 is 15.4 Å². The Morgan fingerprint density at radius 1 is 1.16 bits per heavy atom. The Kier molecular flexibility index (Phi) is 4.74. The van der Waals surface area contributed by atoms with Crippen molar-refractivity contribution in [1.82, 2.24) is 10.6 Å². The molecule has 0 radical (unpaired) electrons. The minimum Gasteiger partial charge on any atom is -0.462 e. The van der Waals surface area contributed by atoms with Gasteiger partial charge in [-0.05, 0) is 29.2 Å². The van der Waals surface area contributed by atoms with Crippen molar-refractivity contribution in [2.75, 3.05) is 6.61 Å². The first-order valence-electron chi connectivity index (χ1n) is 8.40. The van der Waals surface area contributed by atoms with Crippen LogP contribution >= 0.6 is 0 Å². The van der Waals surface area contributed by atoms with Gasteiger partial charge in [0.05, 0.1) is 18.2 Å². The quantitative estimate of drug-likeness (QED) is 0.836. The second kappa shape index (κ2) is 6.97. The van der Waals surface area contributed by atoms with Crippen LogP contribution in [0.25, 0.3) is 10.8 Å². The maximum absolute atomic E-state index is 12.7. The van der Waals surface area contributed by atoms with Crippen molar-refractivity contribution in [3.05, 3.63) is 59.3 Å². The molecule has 0 fully saturated rings. The number of carbonyl (C=O) groups is 2. The molecule has 0 aromatic heterocycles. The molecule has 0 unspecified atom stereocenters. The molecule has 3 rings (SSSR count). The maximum Gasteiger partial charge on any atom is 0.338 e. The largest absolute Gasteiger partial charge is 0.462 e. The standard InChI is InChI=1S/C20H22N2O3/c1-12(2)11-25-19(23)17-13(3)21-20(24)22-18(17)16-10-6-8-14-7-4-5-9-15(14)16/h4-10,12,18H,11H2,1-3H3,(H2,21,22,24)/t18-/m1/s1. The van der Waals surface area contributed by atoms with Gasteiger partial charge in [0.1, 0.15) is 0 Å². The Labute approximate surface area is 147 Å². The molecule has 2 N–H and O–H groups in total. The summed E-state index contributed by atoms with van der Waals surface area (Å²) in [5.41, 5.74) is 1.84. The molecule has 130 valence electrons. The van der Waals surface area contributed by atoms with E-state index in [9.17, 15) is 9.59 Å². The zero-order valence-electron chi connectivity index (χ0n) is 14.6. The van der Waals surface area contributed by atoms with E-state index in [-0.39, 0.29) is 11.9 Å². The first kappa shape index (κ1) is 17.0. The van der Waals surface area contributed by atoms with E-state index in [2.05, 4.69) is 10.6 Å². The molecule has 1 atom stereocenters. The van der Waals surface area contributed by atoms with Crippen molar-refractivity contribution in [1.29, 1.82) is 0 Å². The molecule has 2 aromatic carbocycles. The molecule has 0 spiro atoms. The zero-order chi connectivity index (χ0) is 18.0. The highest BCUT2D eigenvalue weighted by Crippen LogP contribution is 2.32. The normalized spacial score (nSPS) is 17.4. The van der Waals surface area contributed by atoms with Crippen LogP contribution in [-0.4, -0.2) is 18.6 Å². The van der Waals surface area contributed by atoms with Crippen molar-refractivity contribution in [3.8, 4) is 0 Å². The van der Waals surface area contributed by atoms with Gasteiger partial charge in [0.2, 0.25) is 0 Å². The van der Waals surface area contributed by atoms with Gasteiger partial charge in [0.25, 0.3) is 0 Å². The average Bonchev–Trinajstić information content (AvgIpc) is 2.58. The second-order valence-corrected chi connectivity index (χ2v) is 6.63. The summed E-state index contributed by atoms with van der Waals surface area (Å²) in [5.74, 6) is -0.163. The molecule has 1 aliphatic rings. The number of hydrogen-bond donors (Lipinski definition) is 2. The van der Waals surface area contributed by atoms with Crippen LogP contribution in [0, 0.1) is 5.92 Å². The van der Waals surface area contributed by atoms with Gasteiger partial charge in [-0.3, -0.25) is 0 Å². The fourth-order valence-corrected chi connectivity index (χ4v) is 3.02. The van der Waals surface area contributed by atoms with E-state index in [1.165, 1.54) is 0 Å². The highest BCUT2D eigenvalue weighted by Gasteiger charge is 2.33. The number of nitrogens with one attached hydrogen (secondary N) is 2. The van der Waals surface area contributed by atoms with Crippen molar-refractivity contribution in [2.45, 2.75) is 26.8 Å². The van der Waals surface area contributed by atoms with Crippen molar-refractivity contribution < 1.29 is 14.3 Å². The van der Waals surface area contributed by atoms with E-state index < -0.39 is 12.0 Å². The Hall–Kier alpha value is -2.82. The highest BCUT2D eigenvalue weighted by molar-refractivity contribution is 5.97. The molecule has 0 saturated carbocycles. The van der Waals surface area contributed by atoms with Crippen molar-refractivity contribution in [3.63, 3.8) is 0 Å². The highest BCUT2D eigenvalue weighted by atomic mass is 16.5. The zero-order valence-corrected chi connectivity index (χ0v) is 14.6. The average molecular weight is 338 g/mol. The summed E-state index contributed by atoms with van der Waals surface area (Å²) in [7, 11) is 0. The lowest BCUT2D eigenvalue weighted by Gasteiger charge is -2.29. The van der Waals surface area contributed by atoms with Crippen LogP contribution in [0.15, 0.2) is 53.7 Å². The SMILES string of the molecule is CC1=C(C(=O)OCC(C)C)[C@@H](c2cccc3ccccc23)NC(=O)N1. The smallest absolute Gasteiger partial charge is 0.338 e. The molecule has 25 heavy (non-hydrogen) atoms. The number of fused-ring (bicyclic) bond motifs is 1. The monoisotopic (exact) mass is 338 g/mol. The van der Waals surface area contributed by atoms with Crippen LogP contribution in [0.4, 0.5) is 4.79 Å². The Morgan fingerprint density at radius 3 is 2.64 bits per heavy atom. The molecule has 0 bridgehead atoms. The topological polar surface area (TPSA) is 67.4 Å². The second-order valence-electron chi connectivity index (χ2n) is 6.63. The third kappa shape index (κ3) is 3.50. The Morgan fingerprint density at radius 2 is 1.88 bits per heavy atom. The van der Waals surface area contributed by atoms with Crippen LogP contribution in [-0.2, 0) is 9.53 Å². The molecular formula is C20H22N2O3. The number of rotatable bonds is 4. The third-order valence-corrected chi connectivity index (χ3v) is 4.17. The van der Waals surface area contributed by atoms with E-state index in [0.29, 0.717) is 17.9 Å². The molecular weight excluding hydrogens is 316 g/mol. The minimum absolute atomic E-state index is 0.243. The first-order valence-corrected chi connectivity index (χ1v) is 8.40. The molecule has 1 heterocycles. The summed E-state index contributed by atoms with van der Waals surface area (Å²) in [6, 6.07) is 12.9. The van der Waals surface area contributed by atoms with Crippen LogP contribution in [0.5, 0.6) is 0 Å². The Bertz CT molecular complexity index is 850. The van der Waals surface area contributed by atoms with E-state index in [4.69, 9.17) is 4.74 Å². The summed E-state index contributed by atoms with van der Waals surface area (Å²) in [5, 5.41) is 7.59. The van der Waals surface area contributed by atoms with Crippen LogP contribution in [0.2, 0.25) is 0 Å². The minimum atomic E-state index is -0.542. The molecule has 2 aromatic rings. The summed E-state index contributed by atoms with van der Waals surface area (Å²) in [6.07, 6.45) is 0. The maximum atomic E-state index is 12.7. The molecule has 0 saturated heterocycles. The van der Waals surface area contributed by atoms with Gasteiger partial charge in [-0.1, -0.05) is 56.3 Å². The number of hydrogen-bond acceptors (Lipinski definition) is 3. The van der Waals surface area contributed by atoms with E-state index in [1.54, 1.807) is 6.92 Å². The van der Waals surface area contributed by atoms with Crippen LogP contribution in [0.3, 0.4) is 0 Å². The van der Waals surface area contributed by atoms with Gasteiger partial charge in [0, 0.05) is 5.70 Å². The van der Waals surface area contributed by atoms with Gasteiger partial charge >= 0.3 is 12.0 Å². The lowest BCUT2D eigenvalue weighted by Crippen LogP contribution is -2.45. The first-order chi connectivity index (χ1) is 12.0. The summed E-state index contributed by atoms with van der Waals surface area (Å²) >= 11 is 0. The van der Waals surface area contributed by atoms with Crippen molar-refractivity contribution >= 4 is 22.8 Å². The van der Waals surface area contributed by atoms with Gasteiger partial charge in [-0.15, -0.1) is 0 Å². The van der Waals surface area contributed by atoms with Crippen molar-refractivity contribution in [2.24, 2.45) is 5.92 Å². The van der Waals surface area contributed by atoms with E-state index in [1.807, 2.05) is 56.3 Å². The lowest BCUT2D eigenvalue weighted by molar-refractivity contribution is -0.140. The Balaban J connectivity index is 2.06.